The Labute approximate surface area is 179 Å². The molecule has 0 spiro atoms. The number of hydrogen-bond acceptors (Lipinski definition) is 3. The van der Waals surface area contributed by atoms with E-state index in [1.54, 1.807) is 24.3 Å². The average Bonchev–Trinajstić information content (AvgIpc) is 2.72. The third-order valence-corrected chi connectivity index (χ3v) is 5.00. The fourth-order valence-electron chi connectivity index (χ4n) is 2.82. The summed E-state index contributed by atoms with van der Waals surface area (Å²) < 4.78 is 18.5. The molecule has 0 aliphatic rings. The van der Waals surface area contributed by atoms with Gasteiger partial charge >= 0.3 is 5.97 Å². The minimum Gasteiger partial charge on any atom is -0.460 e. The zero-order chi connectivity index (χ0) is 20.6. The second-order valence-electron chi connectivity index (χ2n) is 6.59. The van der Waals surface area contributed by atoms with E-state index in [0.29, 0.717) is 23.0 Å². The highest BCUT2D eigenvalue weighted by atomic mass is 35.5. The zero-order valence-electron chi connectivity index (χ0n) is 15.6. The van der Waals surface area contributed by atoms with Crippen molar-refractivity contribution in [3.8, 4) is 0 Å². The smallest absolute Gasteiger partial charge is 0.323 e. The lowest BCUT2D eigenvalue weighted by Gasteiger charge is -2.18. The fraction of sp³-hybridized carbons (Fsp3) is 0.174. The minimum atomic E-state index is -0.565. The molecule has 0 saturated heterocycles. The summed E-state index contributed by atoms with van der Waals surface area (Å²) in [6, 6.07) is 20.2. The van der Waals surface area contributed by atoms with Gasteiger partial charge in [-0.1, -0.05) is 71.7 Å². The predicted octanol–water partition coefficient (Wildman–Crippen LogP) is 5.58. The van der Waals surface area contributed by atoms with Crippen molar-refractivity contribution in [1.82, 2.24) is 5.32 Å². The number of nitrogens with one attached hydrogen (secondary N) is 1. The summed E-state index contributed by atoms with van der Waals surface area (Å²) >= 11 is 12.2. The third kappa shape index (κ3) is 6.57. The molecule has 1 atom stereocenters. The second kappa shape index (κ2) is 10.4. The molecule has 3 aromatic carbocycles. The van der Waals surface area contributed by atoms with Crippen molar-refractivity contribution in [3.05, 3.63) is 105 Å². The molecule has 3 rings (SSSR count). The van der Waals surface area contributed by atoms with Crippen LogP contribution in [0.15, 0.2) is 72.8 Å². The van der Waals surface area contributed by atoms with E-state index in [9.17, 15) is 9.18 Å². The molecule has 3 aromatic rings. The van der Waals surface area contributed by atoms with Gasteiger partial charge in [-0.25, -0.2) is 4.39 Å². The van der Waals surface area contributed by atoms with E-state index in [2.05, 4.69) is 5.32 Å². The molecule has 0 heterocycles. The molecule has 3 nitrogen and oxygen atoms in total. The summed E-state index contributed by atoms with van der Waals surface area (Å²) in [6.07, 6.45) is 0.467. The van der Waals surface area contributed by atoms with Crippen LogP contribution in [0.3, 0.4) is 0 Å². The fourth-order valence-corrected chi connectivity index (χ4v) is 3.30. The molecule has 0 radical (unpaired) electrons. The quantitative estimate of drug-likeness (QED) is 0.473. The lowest BCUT2D eigenvalue weighted by Crippen LogP contribution is -2.39. The van der Waals surface area contributed by atoms with Gasteiger partial charge in [-0.05, 0) is 47.4 Å². The van der Waals surface area contributed by atoms with E-state index in [4.69, 9.17) is 27.9 Å². The summed E-state index contributed by atoms with van der Waals surface area (Å²) in [6.45, 7) is 0.465. The van der Waals surface area contributed by atoms with Crippen LogP contribution in [-0.2, 0) is 29.1 Å². The molecular formula is C23H20Cl2FNO2. The summed E-state index contributed by atoms with van der Waals surface area (Å²) in [7, 11) is 0. The van der Waals surface area contributed by atoms with Crippen LogP contribution in [0.4, 0.5) is 4.39 Å². The molecule has 0 amide bonds. The largest absolute Gasteiger partial charge is 0.460 e. The lowest BCUT2D eigenvalue weighted by atomic mass is 10.1. The van der Waals surface area contributed by atoms with Crippen molar-refractivity contribution >= 4 is 29.2 Å². The van der Waals surface area contributed by atoms with Gasteiger partial charge in [0, 0.05) is 16.6 Å². The summed E-state index contributed by atoms with van der Waals surface area (Å²) in [5.74, 6) is -0.716. The maximum atomic E-state index is 13.0. The van der Waals surface area contributed by atoms with Crippen molar-refractivity contribution in [3.63, 3.8) is 0 Å². The van der Waals surface area contributed by atoms with Gasteiger partial charge in [-0.2, -0.15) is 0 Å². The van der Waals surface area contributed by atoms with Gasteiger partial charge in [0.25, 0.3) is 0 Å². The van der Waals surface area contributed by atoms with E-state index in [1.807, 2.05) is 36.4 Å². The van der Waals surface area contributed by atoms with Crippen LogP contribution in [0.5, 0.6) is 0 Å². The number of carbonyl (C=O) groups is 1. The normalized spacial score (nSPS) is 11.8. The number of ether oxygens (including phenoxy) is 1. The van der Waals surface area contributed by atoms with E-state index in [0.717, 1.165) is 16.7 Å². The highest BCUT2D eigenvalue weighted by Gasteiger charge is 2.21. The van der Waals surface area contributed by atoms with Gasteiger partial charge in [-0.15, -0.1) is 0 Å². The Balaban J connectivity index is 1.67. The first kappa shape index (κ1) is 21.3. The van der Waals surface area contributed by atoms with E-state index in [-0.39, 0.29) is 18.4 Å². The Morgan fingerprint density at radius 3 is 2.38 bits per heavy atom. The van der Waals surface area contributed by atoms with Crippen LogP contribution < -0.4 is 5.32 Å². The van der Waals surface area contributed by atoms with E-state index >= 15 is 0 Å². The molecule has 6 heteroatoms. The van der Waals surface area contributed by atoms with Gasteiger partial charge in [0.05, 0.1) is 0 Å². The number of halogens is 3. The van der Waals surface area contributed by atoms with Crippen LogP contribution in [0, 0.1) is 5.82 Å². The molecule has 1 N–H and O–H groups in total. The van der Waals surface area contributed by atoms with Crippen LogP contribution in [0.25, 0.3) is 0 Å². The number of esters is 1. The van der Waals surface area contributed by atoms with Gasteiger partial charge in [0.2, 0.25) is 0 Å². The standard InChI is InChI=1S/C23H20Cl2FNO2/c24-19-9-8-18(21(25)13-19)14-27-22(12-16-4-2-1-3-5-16)23(28)29-15-17-6-10-20(26)11-7-17/h1-11,13,22,27H,12,14-15H2/t22-/m0/s1. The topological polar surface area (TPSA) is 38.3 Å². The molecule has 0 fully saturated rings. The van der Waals surface area contributed by atoms with E-state index < -0.39 is 6.04 Å². The molecule has 0 aliphatic carbocycles. The highest BCUT2D eigenvalue weighted by molar-refractivity contribution is 6.35. The molecule has 0 aromatic heterocycles. The van der Waals surface area contributed by atoms with Gasteiger partial charge in [0.15, 0.2) is 0 Å². The first-order chi connectivity index (χ1) is 14.0. The molecule has 0 saturated carbocycles. The SMILES string of the molecule is O=C(OCc1ccc(F)cc1)[C@H](Cc1ccccc1)NCc1ccc(Cl)cc1Cl. The molecule has 150 valence electrons. The van der Waals surface area contributed by atoms with Gasteiger partial charge in [0.1, 0.15) is 18.5 Å². The number of hydrogen-bond donors (Lipinski definition) is 1. The molecular weight excluding hydrogens is 412 g/mol. The zero-order valence-corrected chi connectivity index (χ0v) is 17.1. The Morgan fingerprint density at radius 1 is 0.966 bits per heavy atom. The number of benzene rings is 3. The Bertz CT molecular complexity index is 949. The van der Waals surface area contributed by atoms with Gasteiger partial charge in [-0.3, -0.25) is 10.1 Å². The van der Waals surface area contributed by atoms with Crippen molar-refractivity contribution in [2.45, 2.75) is 25.6 Å². The van der Waals surface area contributed by atoms with Crippen LogP contribution >= 0.6 is 23.2 Å². The summed E-state index contributed by atoms with van der Waals surface area (Å²) in [4.78, 5) is 12.7. The maximum absolute atomic E-state index is 13.0. The predicted molar refractivity (Wildman–Crippen MR) is 113 cm³/mol. The van der Waals surface area contributed by atoms with Gasteiger partial charge < -0.3 is 4.74 Å². The number of carbonyl (C=O) groups excluding carboxylic acids is 1. The molecule has 0 unspecified atom stereocenters. The summed E-state index contributed by atoms with van der Waals surface area (Å²) in [5.41, 5.74) is 2.56. The first-order valence-electron chi connectivity index (χ1n) is 9.13. The van der Waals surface area contributed by atoms with Crippen molar-refractivity contribution in [2.75, 3.05) is 0 Å². The Morgan fingerprint density at radius 2 is 1.69 bits per heavy atom. The molecule has 29 heavy (non-hydrogen) atoms. The molecule has 0 aliphatic heterocycles. The third-order valence-electron chi connectivity index (χ3n) is 4.42. The second-order valence-corrected chi connectivity index (χ2v) is 7.44. The van der Waals surface area contributed by atoms with E-state index in [1.165, 1.54) is 12.1 Å². The average molecular weight is 432 g/mol. The van der Waals surface area contributed by atoms with Crippen LogP contribution in [0.1, 0.15) is 16.7 Å². The highest BCUT2D eigenvalue weighted by Crippen LogP contribution is 2.21. The Kier molecular flexibility index (Phi) is 7.64. The summed E-state index contributed by atoms with van der Waals surface area (Å²) in [5, 5.41) is 4.31. The number of rotatable bonds is 8. The lowest BCUT2D eigenvalue weighted by molar-refractivity contribution is -0.147. The molecule has 0 bridgehead atoms. The van der Waals surface area contributed by atoms with Crippen molar-refractivity contribution < 1.29 is 13.9 Å². The maximum Gasteiger partial charge on any atom is 0.323 e. The monoisotopic (exact) mass is 431 g/mol. The minimum absolute atomic E-state index is 0.0772. The van der Waals surface area contributed by atoms with Crippen molar-refractivity contribution in [2.24, 2.45) is 0 Å². The van der Waals surface area contributed by atoms with Crippen LogP contribution in [-0.4, -0.2) is 12.0 Å². The first-order valence-corrected chi connectivity index (χ1v) is 9.89. The Hall–Kier alpha value is -2.40. The van der Waals surface area contributed by atoms with Crippen molar-refractivity contribution in [1.29, 1.82) is 0 Å². The van der Waals surface area contributed by atoms with Crippen LogP contribution in [0.2, 0.25) is 10.0 Å².